The van der Waals surface area contributed by atoms with E-state index in [0.717, 1.165) is 21.7 Å². The van der Waals surface area contributed by atoms with Crippen LogP contribution in [0.3, 0.4) is 0 Å². The van der Waals surface area contributed by atoms with E-state index in [0.29, 0.717) is 35.5 Å². The lowest BCUT2D eigenvalue weighted by atomic mass is 10.0. The monoisotopic (exact) mass is 566 g/mol. The smallest absolute Gasteiger partial charge is 0.325 e. The first kappa shape index (κ1) is 27.0. The average molecular weight is 567 g/mol. The first-order valence-electron chi connectivity index (χ1n) is 10.8. The summed E-state index contributed by atoms with van der Waals surface area (Å²) in [5.41, 5.74) is 2.60. The van der Waals surface area contributed by atoms with Crippen LogP contribution in [-0.4, -0.2) is 38.4 Å². The highest BCUT2D eigenvalue weighted by molar-refractivity contribution is 7.90. The number of carbonyl (C=O) groups is 2. The molecule has 0 aliphatic carbocycles. The zero-order valence-electron chi connectivity index (χ0n) is 19.4. The Bertz CT molecular complexity index is 1630. The number of sulfonamides is 1. The van der Waals surface area contributed by atoms with Gasteiger partial charge in [0.1, 0.15) is 34.2 Å². The third-order valence-corrected chi connectivity index (χ3v) is 7.58. The van der Waals surface area contributed by atoms with Gasteiger partial charge < -0.3 is 10.2 Å². The SMILES string of the molecule is CN(C(=O)[C@H](Cc1cc(F)cc(F)c1)NC(=O)NS(=O)(=O)c1ccc(F)cc1F)c1ccc2scnc2c1. The van der Waals surface area contributed by atoms with Crippen LogP contribution in [0.2, 0.25) is 0 Å². The molecule has 0 aliphatic heterocycles. The molecule has 0 radical (unpaired) electrons. The van der Waals surface area contributed by atoms with Crippen LogP contribution >= 0.6 is 11.3 Å². The second kappa shape index (κ2) is 10.8. The molecular weight excluding hydrogens is 548 g/mol. The van der Waals surface area contributed by atoms with Crippen LogP contribution in [0.15, 0.2) is 65.0 Å². The van der Waals surface area contributed by atoms with Gasteiger partial charge in [-0.05, 0) is 48.0 Å². The van der Waals surface area contributed by atoms with E-state index in [-0.39, 0.29) is 5.56 Å². The van der Waals surface area contributed by atoms with Crippen molar-refractivity contribution in [2.24, 2.45) is 0 Å². The number of amides is 3. The van der Waals surface area contributed by atoms with Crippen LogP contribution in [0.5, 0.6) is 0 Å². The molecule has 1 aromatic heterocycles. The van der Waals surface area contributed by atoms with E-state index in [1.165, 1.54) is 18.4 Å². The summed E-state index contributed by atoms with van der Waals surface area (Å²) in [6, 6.07) is 6.20. The first-order valence-corrected chi connectivity index (χ1v) is 13.1. The molecule has 38 heavy (non-hydrogen) atoms. The molecule has 0 fully saturated rings. The van der Waals surface area contributed by atoms with Gasteiger partial charge >= 0.3 is 6.03 Å². The molecule has 0 aliphatic rings. The van der Waals surface area contributed by atoms with Crippen LogP contribution in [0, 0.1) is 23.3 Å². The molecule has 1 atom stereocenters. The lowest BCUT2D eigenvalue weighted by Gasteiger charge is -2.25. The van der Waals surface area contributed by atoms with Crippen LogP contribution in [0.1, 0.15) is 5.56 Å². The van der Waals surface area contributed by atoms with Gasteiger partial charge in [-0.15, -0.1) is 11.3 Å². The van der Waals surface area contributed by atoms with Crippen molar-refractivity contribution < 1.29 is 35.6 Å². The zero-order valence-corrected chi connectivity index (χ0v) is 21.0. The summed E-state index contributed by atoms with van der Waals surface area (Å²) in [5.74, 6) is -5.08. The van der Waals surface area contributed by atoms with E-state index in [4.69, 9.17) is 0 Å². The molecular formula is C24H18F4N4O4S2. The van der Waals surface area contributed by atoms with Crippen molar-refractivity contribution in [1.29, 1.82) is 0 Å². The second-order valence-corrected chi connectivity index (χ2v) is 10.6. The minimum Gasteiger partial charge on any atom is -0.325 e. The number of carbonyl (C=O) groups excluding carboxylic acids is 2. The van der Waals surface area contributed by atoms with Gasteiger partial charge in [0.2, 0.25) is 5.91 Å². The fraction of sp³-hybridized carbons (Fsp3) is 0.125. The summed E-state index contributed by atoms with van der Waals surface area (Å²) in [6.45, 7) is 0. The van der Waals surface area contributed by atoms with Crippen LogP contribution in [0.4, 0.5) is 28.0 Å². The molecule has 0 bridgehead atoms. The highest BCUT2D eigenvalue weighted by Gasteiger charge is 2.29. The number of fused-ring (bicyclic) bond motifs is 1. The Hall–Kier alpha value is -4.04. The summed E-state index contributed by atoms with van der Waals surface area (Å²) in [7, 11) is -3.42. The zero-order chi connectivity index (χ0) is 27.6. The number of hydrogen-bond donors (Lipinski definition) is 2. The van der Waals surface area contributed by atoms with E-state index < -0.39 is 62.6 Å². The van der Waals surface area contributed by atoms with Gasteiger partial charge in [0, 0.05) is 31.3 Å². The van der Waals surface area contributed by atoms with Gasteiger partial charge in [-0.2, -0.15) is 0 Å². The molecule has 198 valence electrons. The van der Waals surface area contributed by atoms with Crippen molar-refractivity contribution in [2.75, 3.05) is 11.9 Å². The number of aromatic nitrogens is 1. The Morgan fingerprint density at radius 1 is 0.974 bits per heavy atom. The molecule has 0 unspecified atom stereocenters. The van der Waals surface area contributed by atoms with E-state index in [9.17, 15) is 35.6 Å². The van der Waals surface area contributed by atoms with Gasteiger partial charge in [-0.25, -0.2) is 40.5 Å². The minimum atomic E-state index is -4.81. The normalized spacial score (nSPS) is 12.2. The van der Waals surface area contributed by atoms with Crippen molar-refractivity contribution in [1.82, 2.24) is 15.0 Å². The lowest BCUT2D eigenvalue weighted by molar-refractivity contribution is -0.120. The number of nitrogens with one attached hydrogen (secondary N) is 2. The number of thiazole rings is 1. The fourth-order valence-electron chi connectivity index (χ4n) is 3.64. The largest absolute Gasteiger partial charge is 0.329 e. The number of likely N-dealkylation sites (N-methyl/N-ethyl adjacent to an activating group) is 1. The maximum atomic E-state index is 14.0. The summed E-state index contributed by atoms with van der Waals surface area (Å²) in [6.07, 6.45) is -0.421. The van der Waals surface area contributed by atoms with Crippen molar-refractivity contribution >= 4 is 49.2 Å². The predicted molar refractivity (Wildman–Crippen MR) is 132 cm³/mol. The van der Waals surface area contributed by atoms with Gasteiger partial charge in [-0.1, -0.05) is 0 Å². The first-order chi connectivity index (χ1) is 17.9. The third kappa shape index (κ3) is 6.08. The Morgan fingerprint density at radius 2 is 1.68 bits per heavy atom. The molecule has 1 heterocycles. The number of nitrogens with zero attached hydrogens (tertiary/aromatic N) is 2. The van der Waals surface area contributed by atoms with Crippen LogP contribution < -0.4 is 14.9 Å². The molecule has 2 N–H and O–H groups in total. The quantitative estimate of drug-likeness (QED) is 0.328. The van der Waals surface area contributed by atoms with Gasteiger partial charge in [0.25, 0.3) is 10.0 Å². The Kier molecular flexibility index (Phi) is 7.64. The molecule has 0 saturated carbocycles. The summed E-state index contributed by atoms with van der Waals surface area (Å²) < 4.78 is 82.1. The summed E-state index contributed by atoms with van der Waals surface area (Å²) >= 11 is 1.39. The van der Waals surface area contributed by atoms with E-state index in [2.05, 4.69) is 10.3 Å². The molecule has 0 saturated heterocycles. The average Bonchev–Trinajstić information content (AvgIpc) is 3.29. The van der Waals surface area contributed by atoms with E-state index in [1.807, 2.05) is 0 Å². The number of rotatable bonds is 7. The molecule has 8 nitrogen and oxygen atoms in total. The number of benzene rings is 3. The van der Waals surface area contributed by atoms with Crippen molar-refractivity contribution in [3.8, 4) is 0 Å². The topological polar surface area (TPSA) is 108 Å². The minimum absolute atomic E-state index is 0.00283. The van der Waals surface area contributed by atoms with Gasteiger partial charge in [0.15, 0.2) is 0 Å². The summed E-state index contributed by atoms with van der Waals surface area (Å²) in [4.78, 5) is 30.3. The molecule has 3 amide bonds. The van der Waals surface area contributed by atoms with Crippen molar-refractivity contribution in [3.63, 3.8) is 0 Å². The number of anilines is 1. The summed E-state index contributed by atoms with van der Waals surface area (Å²) in [5, 5.41) is 2.17. The number of urea groups is 1. The molecule has 14 heteroatoms. The van der Waals surface area contributed by atoms with E-state index in [1.54, 1.807) is 28.4 Å². The number of halogens is 4. The Balaban J connectivity index is 1.60. The molecule has 4 aromatic rings. The lowest BCUT2D eigenvalue weighted by Crippen LogP contribution is -2.52. The highest BCUT2D eigenvalue weighted by Crippen LogP contribution is 2.24. The van der Waals surface area contributed by atoms with E-state index >= 15 is 0 Å². The highest BCUT2D eigenvalue weighted by atomic mass is 32.2. The predicted octanol–water partition coefficient (Wildman–Crippen LogP) is 4.11. The number of hydrogen-bond acceptors (Lipinski definition) is 6. The maximum Gasteiger partial charge on any atom is 0.329 e. The second-order valence-electron chi connectivity index (χ2n) is 8.09. The molecule has 0 spiro atoms. The Morgan fingerprint density at radius 3 is 2.37 bits per heavy atom. The third-order valence-electron chi connectivity index (χ3n) is 5.41. The van der Waals surface area contributed by atoms with Gasteiger partial charge in [0.05, 0.1) is 15.7 Å². The van der Waals surface area contributed by atoms with Crippen molar-refractivity contribution in [3.05, 3.63) is 88.9 Å². The maximum absolute atomic E-state index is 14.0. The van der Waals surface area contributed by atoms with Crippen LogP contribution in [-0.2, 0) is 21.2 Å². The fourth-order valence-corrected chi connectivity index (χ4v) is 5.27. The molecule has 3 aromatic carbocycles. The van der Waals surface area contributed by atoms with Gasteiger partial charge in [-0.3, -0.25) is 4.79 Å². The van der Waals surface area contributed by atoms with Crippen LogP contribution in [0.25, 0.3) is 10.2 Å². The standard InChI is InChI=1S/C24H18F4N4O4S2/c1-32(17-3-4-21-19(11-17)29-12-37-21)23(33)20(8-13-6-15(26)9-16(27)7-13)30-24(34)31-38(35,36)22-5-2-14(25)10-18(22)28/h2-7,9-12,20H,8H2,1H3,(H2,30,31,34)/t20-/m0/s1. The Labute approximate surface area is 218 Å². The molecule has 4 rings (SSSR count). The van der Waals surface area contributed by atoms with Crippen molar-refractivity contribution in [2.45, 2.75) is 17.4 Å².